The van der Waals surface area contributed by atoms with Gasteiger partial charge in [0.25, 0.3) is 0 Å². The van der Waals surface area contributed by atoms with Crippen LogP contribution in [-0.4, -0.2) is 26.5 Å². The number of hydrogen-bond donors (Lipinski definition) is 2. The lowest BCUT2D eigenvalue weighted by Gasteiger charge is -2.09. The minimum atomic E-state index is -0.306. The van der Waals surface area contributed by atoms with Crippen LogP contribution in [0.15, 0.2) is 58.3 Å². The zero-order valence-electron chi connectivity index (χ0n) is 14.2. The summed E-state index contributed by atoms with van der Waals surface area (Å²) in [5, 5.41) is 14.7. The van der Waals surface area contributed by atoms with Gasteiger partial charge in [-0.25, -0.2) is 14.0 Å². The van der Waals surface area contributed by atoms with Crippen molar-refractivity contribution >= 4 is 34.8 Å². The van der Waals surface area contributed by atoms with Gasteiger partial charge in [0.15, 0.2) is 11.6 Å². The van der Waals surface area contributed by atoms with E-state index < -0.39 is 0 Å². The van der Waals surface area contributed by atoms with Crippen molar-refractivity contribution < 1.29 is 9.02 Å². The Morgan fingerprint density at radius 2 is 1.74 bits per heavy atom. The molecular formula is C18H14FN7O. The van der Waals surface area contributed by atoms with E-state index in [0.29, 0.717) is 11.6 Å². The number of aryl methyl sites for hydroxylation is 1. The van der Waals surface area contributed by atoms with Crippen molar-refractivity contribution in [1.82, 2.24) is 20.3 Å². The van der Waals surface area contributed by atoms with E-state index in [0.717, 1.165) is 16.8 Å². The molecule has 0 fully saturated rings. The van der Waals surface area contributed by atoms with Gasteiger partial charge in [0.2, 0.25) is 11.3 Å². The minimum Gasteiger partial charge on any atom is -0.337 e. The van der Waals surface area contributed by atoms with Crippen LogP contribution in [0, 0.1) is 12.7 Å². The molecule has 27 heavy (non-hydrogen) atoms. The van der Waals surface area contributed by atoms with Crippen LogP contribution in [0.3, 0.4) is 0 Å². The Morgan fingerprint density at radius 1 is 1.00 bits per heavy atom. The molecule has 0 bridgehead atoms. The highest BCUT2D eigenvalue weighted by Gasteiger charge is 2.12. The smallest absolute Gasteiger partial charge is 0.245 e. The van der Waals surface area contributed by atoms with Gasteiger partial charge in [-0.1, -0.05) is 24.3 Å². The Balaban J connectivity index is 1.62. The van der Waals surface area contributed by atoms with Gasteiger partial charge in [-0.05, 0) is 52.6 Å². The van der Waals surface area contributed by atoms with Gasteiger partial charge in [-0.15, -0.1) is 0 Å². The molecule has 0 aliphatic heterocycles. The molecule has 0 saturated heterocycles. The first kappa shape index (κ1) is 16.6. The molecule has 2 aromatic carbocycles. The molecular weight excluding hydrogens is 349 g/mol. The van der Waals surface area contributed by atoms with E-state index in [1.165, 1.54) is 12.1 Å². The molecule has 0 radical (unpaired) electrons. The normalized spacial score (nSPS) is 11.2. The molecule has 8 nitrogen and oxygen atoms in total. The van der Waals surface area contributed by atoms with Gasteiger partial charge >= 0.3 is 0 Å². The molecule has 2 N–H and O–H groups in total. The van der Waals surface area contributed by atoms with E-state index in [4.69, 9.17) is 0 Å². The molecule has 0 spiro atoms. The Bertz CT molecular complexity index is 1110. The molecule has 2 heterocycles. The number of hydrazone groups is 1. The molecule has 4 aromatic rings. The zero-order chi connectivity index (χ0) is 18.6. The topological polar surface area (TPSA) is 101 Å². The summed E-state index contributed by atoms with van der Waals surface area (Å²) < 4.78 is 17.6. The third-order valence-electron chi connectivity index (χ3n) is 3.65. The number of nitrogens with one attached hydrogen (secondary N) is 2. The lowest BCUT2D eigenvalue weighted by atomic mass is 10.2. The van der Waals surface area contributed by atoms with Crippen molar-refractivity contribution in [2.24, 2.45) is 5.10 Å². The summed E-state index contributed by atoms with van der Waals surface area (Å²) in [4.78, 5) is 8.69. The Hall–Kier alpha value is -3.88. The van der Waals surface area contributed by atoms with Crippen molar-refractivity contribution in [1.29, 1.82) is 0 Å². The van der Waals surface area contributed by atoms with Crippen LogP contribution in [0.2, 0.25) is 0 Å². The predicted octanol–water partition coefficient (Wildman–Crippen LogP) is 3.65. The summed E-state index contributed by atoms with van der Waals surface area (Å²) in [7, 11) is 0. The van der Waals surface area contributed by atoms with Crippen molar-refractivity contribution in [2.75, 3.05) is 10.7 Å². The molecule has 2 aromatic heterocycles. The van der Waals surface area contributed by atoms with Crippen molar-refractivity contribution in [3.63, 3.8) is 0 Å². The number of anilines is 3. The van der Waals surface area contributed by atoms with E-state index in [-0.39, 0.29) is 17.1 Å². The summed E-state index contributed by atoms with van der Waals surface area (Å²) in [6.45, 7) is 1.99. The predicted molar refractivity (Wildman–Crippen MR) is 99.5 cm³/mol. The lowest BCUT2D eigenvalue weighted by molar-refractivity contribution is 0.314. The van der Waals surface area contributed by atoms with E-state index in [1.807, 2.05) is 31.2 Å². The Kier molecular flexibility index (Phi) is 4.40. The van der Waals surface area contributed by atoms with Crippen LogP contribution < -0.4 is 10.7 Å². The number of fused-ring (bicyclic) bond motifs is 1. The van der Waals surface area contributed by atoms with Crippen LogP contribution >= 0.6 is 0 Å². The highest BCUT2D eigenvalue weighted by atomic mass is 19.1. The van der Waals surface area contributed by atoms with E-state index in [2.05, 4.69) is 40.8 Å². The van der Waals surface area contributed by atoms with Crippen molar-refractivity contribution in [3.8, 4) is 0 Å². The highest BCUT2D eigenvalue weighted by molar-refractivity contribution is 5.81. The summed E-state index contributed by atoms with van der Waals surface area (Å²) in [5.74, 6) is 0.456. The number of rotatable bonds is 5. The fraction of sp³-hybridized carbons (Fsp3) is 0.0556. The standard InChI is InChI=1S/C18H14FN7O/c1-11-3-2-4-14(9-11)21-15-16(23-18-17(22-15)25-27-26-18)24-20-10-12-5-7-13(19)8-6-12/h2-10H,1H3,(H,21,22,25)(H,23,24,26). The van der Waals surface area contributed by atoms with Crippen LogP contribution in [0.25, 0.3) is 11.3 Å². The highest BCUT2D eigenvalue weighted by Crippen LogP contribution is 2.24. The number of aromatic nitrogens is 4. The maximum absolute atomic E-state index is 13.0. The first-order valence-corrected chi connectivity index (χ1v) is 8.06. The van der Waals surface area contributed by atoms with Gasteiger partial charge in [-0.2, -0.15) is 10.1 Å². The van der Waals surface area contributed by atoms with E-state index in [9.17, 15) is 4.39 Å². The lowest BCUT2D eigenvalue weighted by Crippen LogP contribution is -2.03. The maximum atomic E-state index is 13.0. The molecule has 0 aliphatic carbocycles. The number of hydrogen-bond acceptors (Lipinski definition) is 8. The quantitative estimate of drug-likeness (QED) is 0.412. The second-order valence-corrected chi connectivity index (χ2v) is 5.75. The summed E-state index contributed by atoms with van der Waals surface area (Å²) in [5.41, 5.74) is 6.02. The van der Waals surface area contributed by atoms with Crippen LogP contribution in [0.5, 0.6) is 0 Å². The van der Waals surface area contributed by atoms with Gasteiger partial charge < -0.3 is 5.32 Å². The van der Waals surface area contributed by atoms with Gasteiger partial charge in [-0.3, -0.25) is 5.43 Å². The summed E-state index contributed by atoms with van der Waals surface area (Å²) in [6, 6.07) is 13.8. The minimum absolute atomic E-state index is 0.254. The monoisotopic (exact) mass is 363 g/mol. The largest absolute Gasteiger partial charge is 0.337 e. The van der Waals surface area contributed by atoms with Crippen molar-refractivity contribution in [2.45, 2.75) is 6.92 Å². The zero-order valence-corrected chi connectivity index (χ0v) is 14.2. The van der Waals surface area contributed by atoms with Crippen molar-refractivity contribution in [3.05, 3.63) is 65.5 Å². The SMILES string of the molecule is Cc1cccc(Nc2nc3nonc3nc2NN=Cc2ccc(F)cc2)c1. The van der Waals surface area contributed by atoms with Crippen LogP contribution in [-0.2, 0) is 0 Å². The maximum Gasteiger partial charge on any atom is 0.245 e. The molecule has 0 amide bonds. The third kappa shape index (κ3) is 3.87. The molecule has 134 valence electrons. The van der Waals surface area contributed by atoms with Crippen LogP contribution in [0.1, 0.15) is 11.1 Å². The number of benzene rings is 2. The average molecular weight is 363 g/mol. The molecule has 4 rings (SSSR count). The molecule has 0 aliphatic rings. The van der Waals surface area contributed by atoms with Crippen LogP contribution in [0.4, 0.5) is 21.7 Å². The fourth-order valence-electron chi connectivity index (χ4n) is 2.38. The number of nitrogens with zero attached hydrogens (tertiary/aromatic N) is 5. The number of halogens is 1. The fourth-order valence-corrected chi connectivity index (χ4v) is 2.38. The Morgan fingerprint density at radius 3 is 2.48 bits per heavy atom. The molecule has 0 saturated carbocycles. The van der Waals surface area contributed by atoms with Gasteiger partial charge in [0, 0.05) is 5.69 Å². The first-order chi connectivity index (χ1) is 13.2. The second-order valence-electron chi connectivity index (χ2n) is 5.75. The average Bonchev–Trinajstić information content (AvgIpc) is 3.11. The molecule has 0 unspecified atom stereocenters. The second kappa shape index (κ2) is 7.16. The van der Waals surface area contributed by atoms with E-state index in [1.54, 1.807) is 18.3 Å². The Labute approximate surface area is 153 Å². The molecule has 9 heteroatoms. The third-order valence-corrected chi connectivity index (χ3v) is 3.65. The van der Waals surface area contributed by atoms with E-state index >= 15 is 0 Å². The van der Waals surface area contributed by atoms with Gasteiger partial charge in [0.1, 0.15) is 5.82 Å². The first-order valence-electron chi connectivity index (χ1n) is 8.06. The van der Waals surface area contributed by atoms with Gasteiger partial charge in [0.05, 0.1) is 6.21 Å². The summed E-state index contributed by atoms with van der Waals surface area (Å²) in [6.07, 6.45) is 1.54. The molecule has 0 atom stereocenters. The summed E-state index contributed by atoms with van der Waals surface area (Å²) >= 11 is 0.